The number of hydrogen-bond acceptors (Lipinski definition) is 7. The van der Waals surface area contributed by atoms with Gasteiger partial charge in [-0.25, -0.2) is 0 Å². The molecule has 0 heterocycles. The number of alkyl halides is 6. The summed E-state index contributed by atoms with van der Waals surface area (Å²) in [4.78, 5) is 0.000224. The van der Waals surface area contributed by atoms with Gasteiger partial charge in [0.05, 0.1) is 0 Å². The molecule has 218 valence electrons. The van der Waals surface area contributed by atoms with Crippen molar-refractivity contribution < 1.29 is 51.5 Å². The van der Waals surface area contributed by atoms with E-state index in [-0.39, 0.29) is 27.6 Å². The monoisotopic (exact) mass is 612 g/mol. The number of fused-ring (bicyclic) bond motifs is 1. The van der Waals surface area contributed by atoms with Crippen molar-refractivity contribution in [3.63, 3.8) is 0 Å². The van der Waals surface area contributed by atoms with Crippen LogP contribution >= 0.6 is 11.8 Å². The largest absolute Gasteiger partial charge is 0.534 e. The first kappa shape index (κ1) is 31.2. The van der Waals surface area contributed by atoms with Crippen LogP contribution in [0.5, 0.6) is 11.5 Å². The number of halogens is 6. The normalized spacial score (nSPS) is 28.4. The van der Waals surface area contributed by atoms with Crippen molar-refractivity contribution in [3.8, 4) is 11.5 Å². The fourth-order valence-electron chi connectivity index (χ4n) is 6.22. The van der Waals surface area contributed by atoms with E-state index in [1.54, 1.807) is 0 Å². The lowest BCUT2D eigenvalue weighted by atomic mass is 9.47. The lowest BCUT2D eigenvalue weighted by molar-refractivity contribution is -0.0850. The van der Waals surface area contributed by atoms with Gasteiger partial charge in [-0.15, -0.1) is 11.8 Å². The maximum absolute atomic E-state index is 12.9. The Morgan fingerprint density at radius 3 is 1.84 bits per heavy atom. The summed E-state index contributed by atoms with van der Waals surface area (Å²) in [6.45, 7) is 8.80. The van der Waals surface area contributed by atoms with Gasteiger partial charge >= 0.3 is 31.3 Å². The highest BCUT2D eigenvalue weighted by molar-refractivity contribution is 7.99. The van der Waals surface area contributed by atoms with Crippen molar-refractivity contribution in [2.24, 2.45) is 28.6 Å². The van der Waals surface area contributed by atoms with E-state index >= 15 is 0 Å². The first-order chi connectivity index (χ1) is 17.1. The fourth-order valence-corrected chi connectivity index (χ4v) is 8.59. The molecular formula is C23H30F6O6S3. The van der Waals surface area contributed by atoms with Gasteiger partial charge in [0.1, 0.15) is 11.5 Å². The molecule has 4 unspecified atom stereocenters. The average Bonchev–Trinajstić information content (AvgIpc) is 2.70. The van der Waals surface area contributed by atoms with Crippen LogP contribution in [0.25, 0.3) is 0 Å². The highest BCUT2D eigenvalue weighted by Gasteiger charge is 2.54. The van der Waals surface area contributed by atoms with Crippen LogP contribution in [0.4, 0.5) is 26.3 Å². The van der Waals surface area contributed by atoms with Crippen LogP contribution in [-0.2, 0) is 20.2 Å². The van der Waals surface area contributed by atoms with Crippen LogP contribution in [0.1, 0.15) is 59.8 Å². The fraction of sp³-hybridized carbons (Fsp3) is 0.739. The van der Waals surface area contributed by atoms with Gasteiger partial charge in [0, 0.05) is 16.7 Å². The van der Waals surface area contributed by atoms with Gasteiger partial charge in [-0.3, -0.25) is 0 Å². The minimum Gasteiger partial charge on any atom is -0.376 e. The predicted molar refractivity (Wildman–Crippen MR) is 129 cm³/mol. The Kier molecular flexibility index (Phi) is 8.40. The molecule has 15 heteroatoms. The lowest BCUT2D eigenvalue weighted by Crippen LogP contribution is -2.51. The molecule has 2 aliphatic rings. The maximum atomic E-state index is 12.9. The van der Waals surface area contributed by atoms with E-state index in [0.717, 1.165) is 56.0 Å². The second kappa shape index (κ2) is 10.2. The summed E-state index contributed by atoms with van der Waals surface area (Å²) in [5, 5.41) is 0. The van der Waals surface area contributed by atoms with E-state index < -0.39 is 42.8 Å². The van der Waals surface area contributed by atoms with E-state index in [1.807, 2.05) is 0 Å². The summed E-state index contributed by atoms with van der Waals surface area (Å²) in [6, 6.07) is 2.15. The van der Waals surface area contributed by atoms with Crippen molar-refractivity contribution in [2.75, 3.05) is 5.75 Å². The zero-order valence-electron chi connectivity index (χ0n) is 21.1. The molecule has 0 spiro atoms. The van der Waals surface area contributed by atoms with Crippen molar-refractivity contribution in [2.45, 2.75) is 75.7 Å². The maximum Gasteiger partial charge on any atom is 0.534 e. The van der Waals surface area contributed by atoms with E-state index in [0.29, 0.717) is 17.7 Å². The van der Waals surface area contributed by atoms with Crippen molar-refractivity contribution in [3.05, 3.63) is 18.2 Å². The van der Waals surface area contributed by atoms with E-state index in [9.17, 15) is 43.2 Å². The minimum atomic E-state index is -6.18. The van der Waals surface area contributed by atoms with Gasteiger partial charge in [0.25, 0.3) is 0 Å². The van der Waals surface area contributed by atoms with Gasteiger partial charge in [-0.2, -0.15) is 43.2 Å². The second-order valence-electron chi connectivity index (χ2n) is 11.0. The molecule has 0 bridgehead atoms. The molecular weight excluding hydrogens is 582 g/mol. The number of benzene rings is 1. The molecule has 3 rings (SSSR count). The Balaban J connectivity index is 1.95. The summed E-state index contributed by atoms with van der Waals surface area (Å²) in [6.07, 6.45) is 5.10. The minimum absolute atomic E-state index is 0.000224. The van der Waals surface area contributed by atoms with E-state index in [1.165, 1.54) is 0 Å². The van der Waals surface area contributed by atoms with Gasteiger partial charge in [0.2, 0.25) is 0 Å². The van der Waals surface area contributed by atoms with Crippen LogP contribution in [0.2, 0.25) is 0 Å². The predicted octanol–water partition coefficient (Wildman–Crippen LogP) is 7.11. The Morgan fingerprint density at radius 2 is 1.37 bits per heavy atom. The summed E-state index contributed by atoms with van der Waals surface area (Å²) in [5.41, 5.74) is -11.6. The second-order valence-corrected chi connectivity index (χ2v) is 15.1. The standard InChI is InChI=1S/C23H30F6O6S3/c1-14-6-7-19-20(2,3)8-5-9-21(19,4)18(14)13-36-17-11-15(34-37(30,31)22(24,25)26)10-16(12-17)35-38(32,33)23(27,28)29/h10-12,14,18-19H,5-9,13H2,1-4H3. The van der Waals surface area contributed by atoms with E-state index in [4.69, 9.17) is 0 Å². The highest BCUT2D eigenvalue weighted by Crippen LogP contribution is 2.61. The zero-order chi connectivity index (χ0) is 28.9. The number of thioether (sulfide) groups is 1. The molecule has 0 aromatic heterocycles. The van der Waals surface area contributed by atoms with Crippen LogP contribution in [-0.4, -0.2) is 33.6 Å². The first-order valence-corrected chi connectivity index (χ1v) is 15.7. The van der Waals surface area contributed by atoms with Gasteiger partial charge in [-0.05, 0) is 60.0 Å². The molecule has 2 saturated carbocycles. The molecule has 4 atom stereocenters. The van der Waals surface area contributed by atoms with Crippen LogP contribution in [0, 0.1) is 28.6 Å². The third-order valence-corrected chi connectivity index (χ3v) is 11.0. The molecule has 2 fully saturated rings. The molecule has 1 aromatic rings. The number of hydrogen-bond donors (Lipinski definition) is 0. The Hall–Kier alpha value is -1.35. The molecule has 6 nitrogen and oxygen atoms in total. The zero-order valence-corrected chi connectivity index (χ0v) is 23.6. The summed E-state index contributed by atoms with van der Waals surface area (Å²) in [5.74, 6) is -0.793. The molecule has 0 saturated heterocycles. The third-order valence-electron chi connectivity index (χ3n) is 7.98. The SMILES string of the molecule is CC1CCC2C(C)(C)CCCC2(C)C1CSc1cc(OS(=O)(=O)C(F)(F)F)cc(OS(=O)(=O)C(F)(F)F)c1. The Bertz CT molecular complexity index is 1180. The molecule has 0 aliphatic heterocycles. The number of rotatable bonds is 7. The molecule has 0 N–H and O–H groups in total. The third kappa shape index (κ3) is 6.34. The molecule has 1 aromatic carbocycles. The smallest absolute Gasteiger partial charge is 0.376 e. The lowest BCUT2D eigenvalue weighted by Gasteiger charge is -2.59. The van der Waals surface area contributed by atoms with Crippen molar-refractivity contribution in [1.82, 2.24) is 0 Å². The summed E-state index contributed by atoms with van der Waals surface area (Å²) < 4.78 is 131. The Morgan fingerprint density at radius 1 is 0.868 bits per heavy atom. The van der Waals surface area contributed by atoms with Gasteiger partial charge in [-0.1, -0.05) is 40.5 Å². The molecule has 0 radical (unpaired) electrons. The van der Waals surface area contributed by atoms with Crippen LogP contribution in [0.3, 0.4) is 0 Å². The molecule has 0 amide bonds. The summed E-state index contributed by atoms with van der Waals surface area (Å²) >= 11 is 1.07. The quantitative estimate of drug-likeness (QED) is 0.140. The molecule has 2 aliphatic carbocycles. The Labute approximate surface area is 223 Å². The van der Waals surface area contributed by atoms with Crippen molar-refractivity contribution >= 4 is 32.0 Å². The first-order valence-electron chi connectivity index (χ1n) is 11.9. The average molecular weight is 613 g/mol. The summed E-state index contributed by atoms with van der Waals surface area (Å²) in [7, 11) is -12.4. The highest BCUT2D eigenvalue weighted by atomic mass is 32.2. The topological polar surface area (TPSA) is 86.7 Å². The molecule has 38 heavy (non-hydrogen) atoms. The van der Waals surface area contributed by atoms with Crippen LogP contribution in [0.15, 0.2) is 23.1 Å². The van der Waals surface area contributed by atoms with Crippen molar-refractivity contribution in [1.29, 1.82) is 0 Å². The van der Waals surface area contributed by atoms with Gasteiger partial charge < -0.3 is 8.37 Å². The van der Waals surface area contributed by atoms with Gasteiger partial charge in [0.15, 0.2) is 0 Å². The van der Waals surface area contributed by atoms with E-state index in [2.05, 4.69) is 36.1 Å². The van der Waals surface area contributed by atoms with Crippen LogP contribution < -0.4 is 8.37 Å².